The van der Waals surface area contributed by atoms with Crippen molar-refractivity contribution in [2.24, 2.45) is 0 Å². The molecule has 1 aliphatic rings. The number of hydrogen-bond acceptors (Lipinski definition) is 2. The molecule has 0 aliphatic carbocycles. The van der Waals surface area contributed by atoms with Crippen LogP contribution in [0.5, 0.6) is 0 Å². The summed E-state index contributed by atoms with van der Waals surface area (Å²) in [5, 5.41) is 2.58. The first-order valence-electron chi connectivity index (χ1n) is 6.74. The van der Waals surface area contributed by atoms with Crippen LogP contribution in [-0.2, 0) is 4.74 Å². The van der Waals surface area contributed by atoms with E-state index in [1.54, 1.807) is 6.08 Å². The molecule has 120 valence electrons. The Hall–Kier alpha value is -1.89. The molecule has 7 heteroatoms. The number of amides is 1. The van der Waals surface area contributed by atoms with Crippen LogP contribution in [0.1, 0.15) is 29.6 Å². The Balaban J connectivity index is 2.29. The van der Waals surface area contributed by atoms with Gasteiger partial charge in [-0.25, -0.2) is 17.6 Å². The van der Waals surface area contributed by atoms with Crippen molar-refractivity contribution in [2.45, 2.75) is 24.8 Å². The number of carbonyl (C=O) groups excluding carboxylic acids is 1. The molecule has 1 aromatic carbocycles. The SMILES string of the molecule is C=CCC1(NC(=O)c2cc(F)c(F)c(F)c2F)CCOCC1. The van der Waals surface area contributed by atoms with E-state index in [1.165, 1.54) is 0 Å². The highest BCUT2D eigenvalue weighted by atomic mass is 19.2. The van der Waals surface area contributed by atoms with E-state index in [0.29, 0.717) is 38.5 Å². The van der Waals surface area contributed by atoms with Gasteiger partial charge in [-0.2, -0.15) is 0 Å². The van der Waals surface area contributed by atoms with Crippen LogP contribution in [0.25, 0.3) is 0 Å². The summed E-state index contributed by atoms with van der Waals surface area (Å²) in [6, 6.07) is 0.351. The second-order valence-corrected chi connectivity index (χ2v) is 5.19. The molecule has 1 heterocycles. The average molecular weight is 317 g/mol. The van der Waals surface area contributed by atoms with Crippen molar-refractivity contribution in [1.29, 1.82) is 0 Å². The normalized spacial score (nSPS) is 17.1. The Morgan fingerprint density at radius 3 is 2.45 bits per heavy atom. The largest absolute Gasteiger partial charge is 0.381 e. The minimum absolute atomic E-state index is 0.351. The third-order valence-electron chi connectivity index (χ3n) is 3.71. The zero-order valence-corrected chi connectivity index (χ0v) is 11.7. The molecule has 1 aliphatic heterocycles. The number of halogens is 4. The first-order chi connectivity index (χ1) is 10.4. The highest BCUT2D eigenvalue weighted by Crippen LogP contribution is 2.26. The summed E-state index contributed by atoms with van der Waals surface area (Å²) in [6.07, 6.45) is 2.90. The topological polar surface area (TPSA) is 38.3 Å². The molecule has 1 fully saturated rings. The molecule has 0 saturated carbocycles. The van der Waals surface area contributed by atoms with Gasteiger partial charge in [-0.15, -0.1) is 6.58 Å². The number of ether oxygens (including phenoxy) is 1. The van der Waals surface area contributed by atoms with Gasteiger partial charge in [0.15, 0.2) is 23.3 Å². The zero-order valence-electron chi connectivity index (χ0n) is 11.7. The van der Waals surface area contributed by atoms with Crippen molar-refractivity contribution in [3.05, 3.63) is 47.6 Å². The van der Waals surface area contributed by atoms with E-state index in [9.17, 15) is 22.4 Å². The lowest BCUT2D eigenvalue weighted by Crippen LogP contribution is -2.51. The van der Waals surface area contributed by atoms with Gasteiger partial charge in [-0.3, -0.25) is 4.79 Å². The van der Waals surface area contributed by atoms with E-state index in [-0.39, 0.29) is 0 Å². The number of benzene rings is 1. The smallest absolute Gasteiger partial charge is 0.254 e. The molecule has 1 amide bonds. The van der Waals surface area contributed by atoms with Crippen LogP contribution in [-0.4, -0.2) is 24.7 Å². The Labute approximate surface area is 125 Å². The molecule has 22 heavy (non-hydrogen) atoms. The van der Waals surface area contributed by atoms with E-state index < -0.39 is 40.3 Å². The Kier molecular flexibility index (Phi) is 4.85. The van der Waals surface area contributed by atoms with Crippen LogP contribution in [0.4, 0.5) is 17.6 Å². The fourth-order valence-electron chi connectivity index (χ4n) is 2.46. The standard InChI is InChI=1S/C15H15F4NO2/c1-2-3-15(4-6-22-7-5-15)20-14(21)9-8-10(16)12(18)13(19)11(9)17/h2,8H,1,3-7H2,(H,20,21). The first-order valence-corrected chi connectivity index (χ1v) is 6.74. The molecule has 3 nitrogen and oxygen atoms in total. The molecule has 0 atom stereocenters. The van der Waals surface area contributed by atoms with Gasteiger partial charge in [-0.1, -0.05) is 6.08 Å². The molecule has 0 spiro atoms. The van der Waals surface area contributed by atoms with Gasteiger partial charge in [0.05, 0.1) is 5.56 Å². The van der Waals surface area contributed by atoms with Crippen LogP contribution in [0.15, 0.2) is 18.7 Å². The van der Waals surface area contributed by atoms with Crippen molar-refractivity contribution in [1.82, 2.24) is 5.32 Å². The van der Waals surface area contributed by atoms with Crippen molar-refractivity contribution in [3.63, 3.8) is 0 Å². The Morgan fingerprint density at radius 2 is 1.86 bits per heavy atom. The molecule has 1 N–H and O–H groups in total. The third kappa shape index (κ3) is 3.14. The molecular weight excluding hydrogens is 302 g/mol. The van der Waals surface area contributed by atoms with Gasteiger partial charge in [0.1, 0.15) is 0 Å². The van der Waals surface area contributed by atoms with Crippen molar-refractivity contribution < 1.29 is 27.1 Å². The molecule has 1 aromatic rings. The lowest BCUT2D eigenvalue weighted by Gasteiger charge is -2.37. The maximum absolute atomic E-state index is 13.7. The fourth-order valence-corrected chi connectivity index (χ4v) is 2.46. The predicted molar refractivity (Wildman–Crippen MR) is 71.3 cm³/mol. The summed E-state index contributed by atoms with van der Waals surface area (Å²) >= 11 is 0. The molecule has 0 radical (unpaired) electrons. The van der Waals surface area contributed by atoms with Crippen molar-refractivity contribution in [3.8, 4) is 0 Å². The van der Waals surface area contributed by atoms with Crippen molar-refractivity contribution >= 4 is 5.91 Å². The Morgan fingerprint density at radius 1 is 1.23 bits per heavy atom. The van der Waals surface area contributed by atoms with Crippen LogP contribution in [0, 0.1) is 23.3 Å². The van der Waals surface area contributed by atoms with E-state index in [1.807, 2.05) is 0 Å². The summed E-state index contributed by atoms with van der Waals surface area (Å²) in [4.78, 5) is 12.1. The van der Waals surface area contributed by atoms with Crippen LogP contribution >= 0.6 is 0 Å². The summed E-state index contributed by atoms with van der Waals surface area (Å²) in [7, 11) is 0. The average Bonchev–Trinajstić information content (AvgIpc) is 2.49. The van der Waals surface area contributed by atoms with Crippen LogP contribution in [0.3, 0.4) is 0 Å². The maximum Gasteiger partial charge on any atom is 0.254 e. The third-order valence-corrected chi connectivity index (χ3v) is 3.71. The molecule has 0 aromatic heterocycles. The summed E-state index contributed by atoms with van der Waals surface area (Å²) in [5.74, 6) is -8.28. The van der Waals surface area contributed by atoms with Gasteiger partial charge in [0.2, 0.25) is 0 Å². The lowest BCUT2D eigenvalue weighted by atomic mass is 9.86. The van der Waals surface area contributed by atoms with E-state index >= 15 is 0 Å². The van der Waals surface area contributed by atoms with Crippen molar-refractivity contribution in [2.75, 3.05) is 13.2 Å². The lowest BCUT2D eigenvalue weighted by molar-refractivity contribution is 0.0367. The fraction of sp³-hybridized carbons (Fsp3) is 0.400. The van der Waals surface area contributed by atoms with Crippen LogP contribution in [0.2, 0.25) is 0 Å². The van der Waals surface area contributed by atoms with E-state index in [0.717, 1.165) is 0 Å². The number of hydrogen-bond donors (Lipinski definition) is 1. The second kappa shape index (κ2) is 6.48. The molecule has 0 bridgehead atoms. The van der Waals surface area contributed by atoms with E-state index in [2.05, 4.69) is 11.9 Å². The number of rotatable bonds is 4. The maximum atomic E-state index is 13.7. The molecule has 2 rings (SSSR count). The summed E-state index contributed by atoms with van der Waals surface area (Å²) < 4.78 is 58.2. The highest BCUT2D eigenvalue weighted by Gasteiger charge is 2.34. The van der Waals surface area contributed by atoms with Gasteiger partial charge in [-0.05, 0) is 25.3 Å². The van der Waals surface area contributed by atoms with Gasteiger partial charge < -0.3 is 10.1 Å². The van der Waals surface area contributed by atoms with Gasteiger partial charge in [0, 0.05) is 18.8 Å². The minimum Gasteiger partial charge on any atom is -0.381 e. The molecular formula is C15H15F4NO2. The highest BCUT2D eigenvalue weighted by molar-refractivity contribution is 5.95. The summed E-state index contributed by atoms with van der Waals surface area (Å²) in [5.41, 5.74) is -1.59. The number of carbonyl (C=O) groups is 1. The Bertz CT molecular complexity index is 598. The van der Waals surface area contributed by atoms with Gasteiger partial charge in [0.25, 0.3) is 5.91 Å². The summed E-state index contributed by atoms with van der Waals surface area (Å²) in [6.45, 7) is 4.38. The van der Waals surface area contributed by atoms with E-state index in [4.69, 9.17) is 4.74 Å². The van der Waals surface area contributed by atoms with Crippen LogP contribution < -0.4 is 5.32 Å². The zero-order chi connectivity index (χ0) is 16.3. The number of nitrogens with one attached hydrogen (secondary N) is 1. The quantitative estimate of drug-likeness (QED) is 0.401. The second-order valence-electron chi connectivity index (χ2n) is 5.19. The predicted octanol–water partition coefficient (Wildman–Crippen LogP) is 3.10. The molecule has 0 unspecified atom stereocenters. The molecule has 1 saturated heterocycles. The first kappa shape index (κ1) is 16.5. The minimum atomic E-state index is -2.00. The monoisotopic (exact) mass is 317 g/mol. The van der Waals surface area contributed by atoms with Gasteiger partial charge >= 0.3 is 0 Å².